The van der Waals surface area contributed by atoms with Gasteiger partial charge in [-0.15, -0.1) is 12.4 Å². The highest BCUT2D eigenvalue weighted by Crippen LogP contribution is 2.25. The van der Waals surface area contributed by atoms with Crippen LogP contribution in [0.2, 0.25) is 0 Å². The zero-order valence-electron chi connectivity index (χ0n) is 13.4. The molecule has 122 valence electrons. The van der Waals surface area contributed by atoms with Gasteiger partial charge in [0.25, 0.3) is 5.91 Å². The first kappa shape index (κ1) is 17.3. The largest absolute Gasteiger partial charge is 0.339 e. The fourth-order valence-corrected chi connectivity index (χ4v) is 3.68. The quantitative estimate of drug-likeness (QED) is 0.909. The number of benzene rings is 1. The van der Waals surface area contributed by atoms with Crippen molar-refractivity contribution >= 4 is 18.3 Å². The number of nitrogens with zero attached hydrogens (tertiary/aromatic N) is 1. The SMILES string of the molecule is CC(N)C1CCN(C(=O)c2ccc3c(c2)CCCC3)CC1.Cl. The Morgan fingerprint density at radius 2 is 1.82 bits per heavy atom. The molecule has 1 saturated heterocycles. The third-order valence-corrected chi connectivity index (χ3v) is 5.17. The third kappa shape index (κ3) is 3.64. The van der Waals surface area contributed by atoms with Crippen LogP contribution < -0.4 is 5.73 Å². The predicted molar refractivity (Wildman–Crippen MR) is 92.6 cm³/mol. The maximum absolute atomic E-state index is 12.7. The van der Waals surface area contributed by atoms with E-state index in [0.29, 0.717) is 5.92 Å². The van der Waals surface area contributed by atoms with Crippen LogP contribution in [0, 0.1) is 5.92 Å². The zero-order valence-corrected chi connectivity index (χ0v) is 14.2. The number of nitrogens with two attached hydrogens (primary N) is 1. The van der Waals surface area contributed by atoms with Gasteiger partial charge in [0.2, 0.25) is 0 Å². The van der Waals surface area contributed by atoms with E-state index in [1.807, 2.05) is 11.0 Å². The molecule has 3 rings (SSSR count). The normalized spacial score (nSPS) is 20.0. The maximum atomic E-state index is 12.7. The van der Waals surface area contributed by atoms with Crippen molar-refractivity contribution < 1.29 is 4.79 Å². The summed E-state index contributed by atoms with van der Waals surface area (Å²) in [5.41, 5.74) is 9.67. The molecule has 1 aliphatic carbocycles. The molecule has 1 heterocycles. The number of carbonyl (C=O) groups is 1. The van der Waals surface area contributed by atoms with Crippen molar-refractivity contribution in [3.8, 4) is 0 Å². The van der Waals surface area contributed by atoms with E-state index in [0.717, 1.165) is 37.9 Å². The maximum Gasteiger partial charge on any atom is 0.253 e. The van der Waals surface area contributed by atoms with Gasteiger partial charge in [0.05, 0.1) is 0 Å². The van der Waals surface area contributed by atoms with Gasteiger partial charge in [-0.1, -0.05) is 6.07 Å². The fourth-order valence-electron chi connectivity index (χ4n) is 3.68. The molecular formula is C18H27ClN2O. The molecule has 0 bridgehead atoms. The number of hydrogen-bond acceptors (Lipinski definition) is 2. The number of amides is 1. The van der Waals surface area contributed by atoms with Crippen molar-refractivity contribution in [2.45, 2.75) is 51.5 Å². The Bertz CT molecular complexity index is 522. The van der Waals surface area contributed by atoms with Gasteiger partial charge in [-0.25, -0.2) is 0 Å². The van der Waals surface area contributed by atoms with E-state index in [-0.39, 0.29) is 24.4 Å². The molecule has 1 amide bonds. The van der Waals surface area contributed by atoms with Crippen molar-refractivity contribution in [2.75, 3.05) is 13.1 Å². The zero-order chi connectivity index (χ0) is 14.8. The van der Waals surface area contributed by atoms with Gasteiger partial charge < -0.3 is 10.6 Å². The van der Waals surface area contributed by atoms with Crippen LogP contribution >= 0.6 is 12.4 Å². The lowest BCUT2D eigenvalue weighted by molar-refractivity contribution is 0.0681. The van der Waals surface area contributed by atoms with Crippen LogP contribution in [0.25, 0.3) is 0 Å². The van der Waals surface area contributed by atoms with Crippen LogP contribution in [-0.4, -0.2) is 29.9 Å². The molecule has 22 heavy (non-hydrogen) atoms. The smallest absolute Gasteiger partial charge is 0.253 e. The van der Waals surface area contributed by atoms with Crippen molar-refractivity contribution in [2.24, 2.45) is 11.7 Å². The Morgan fingerprint density at radius 3 is 2.45 bits per heavy atom. The first-order chi connectivity index (χ1) is 10.1. The van der Waals surface area contributed by atoms with Crippen molar-refractivity contribution in [3.63, 3.8) is 0 Å². The van der Waals surface area contributed by atoms with Crippen LogP contribution in [0.3, 0.4) is 0 Å². The average molecular weight is 323 g/mol. The molecule has 3 nitrogen and oxygen atoms in total. The van der Waals surface area contributed by atoms with E-state index in [1.165, 1.54) is 30.4 Å². The second kappa shape index (κ2) is 7.47. The van der Waals surface area contributed by atoms with Crippen molar-refractivity contribution in [1.82, 2.24) is 4.90 Å². The summed E-state index contributed by atoms with van der Waals surface area (Å²) in [6.45, 7) is 3.77. The van der Waals surface area contributed by atoms with Gasteiger partial charge in [-0.3, -0.25) is 4.79 Å². The highest BCUT2D eigenvalue weighted by molar-refractivity contribution is 5.94. The van der Waals surface area contributed by atoms with Gasteiger partial charge in [-0.2, -0.15) is 0 Å². The Labute approximate surface area is 139 Å². The minimum absolute atomic E-state index is 0. The van der Waals surface area contributed by atoms with E-state index in [4.69, 9.17) is 5.73 Å². The molecule has 1 fully saturated rings. The Morgan fingerprint density at radius 1 is 1.18 bits per heavy atom. The molecule has 2 N–H and O–H groups in total. The number of carbonyl (C=O) groups excluding carboxylic acids is 1. The molecule has 2 aliphatic rings. The summed E-state index contributed by atoms with van der Waals surface area (Å²) in [7, 11) is 0. The average Bonchev–Trinajstić information content (AvgIpc) is 2.54. The Hall–Kier alpha value is -1.06. The van der Waals surface area contributed by atoms with Crippen LogP contribution in [0.15, 0.2) is 18.2 Å². The monoisotopic (exact) mass is 322 g/mol. The van der Waals surface area contributed by atoms with Gasteiger partial charge >= 0.3 is 0 Å². The highest BCUT2D eigenvalue weighted by Gasteiger charge is 2.25. The number of rotatable bonds is 2. The van der Waals surface area contributed by atoms with Gasteiger partial charge in [-0.05, 0) is 74.6 Å². The van der Waals surface area contributed by atoms with Crippen LogP contribution in [-0.2, 0) is 12.8 Å². The van der Waals surface area contributed by atoms with E-state index < -0.39 is 0 Å². The molecule has 1 aliphatic heterocycles. The number of likely N-dealkylation sites (tertiary alicyclic amines) is 1. The van der Waals surface area contributed by atoms with Crippen LogP contribution in [0.1, 0.15) is 54.1 Å². The second-order valence-electron chi connectivity index (χ2n) is 6.68. The summed E-state index contributed by atoms with van der Waals surface area (Å²) in [5.74, 6) is 0.768. The van der Waals surface area contributed by atoms with Gasteiger partial charge in [0, 0.05) is 24.7 Å². The summed E-state index contributed by atoms with van der Waals surface area (Å²) >= 11 is 0. The molecular weight excluding hydrogens is 296 g/mol. The molecule has 1 aromatic carbocycles. The molecule has 4 heteroatoms. The number of fused-ring (bicyclic) bond motifs is 1. The lowest BCUT2D eigenvalue weighted by atomic mass is 9.89. The van der Waals surface area contributed by atoms with Crippen LogP contribution in [0.4, 0.5) is 0 Å². The topological polar surface area (TPSA) is 46.3 Å². The van der Waals surface area contributed by atoms with Gasteiger partial charge in [0.15, 0.2) is 0 Å². The summed E-state index contributed by atoms with van der Waals surface area (Å²) in [5, 5.41) is 0. The molecule has 1 unspecified atom stereocenters. The fraction of sp³-hybridized carbons (Fsp3) is 0.611. The van der Waals surface area contributed by atoms with E-state index in [2.05, 4.69) is 19.1 Å². The lowest BCUT2D eigenvalue weighted by Gasteiger charge is -2.34. The molecule has 0 radical (unpaired) electrons. The lowest BCUT2D eigenvalue weighted by Crippen LogP contribution is -2.42. The van der Waals surface area contributed by atoms with Crippen molar-refractivity contribution in [3.05, 3.63) is 34.9 Å². The predicted octanol–water partition coefficient (Wildman–Crippen LogP) is 3.19. The Kier molecular flexibility index (Phi) is 5.87. The summed E-state index contributed by atoms with van der Waals surface area (Å²) in [4.78, 5) is 14.7. The van der Waals surface area contributed by atoms with E-state index in [1.54, 1.807) is 0 Å². The molecule has 0 aromatic heterocycles. The summed E-state index contributed by atoms with van der Waals surface area (Å²) in [6.07, 6.45) is 6.91. The van der Waals surface area contributed by atoms with Crippen molar-refractivity contribution in [1.29, 1.82) is 0 Å². The molecule has 1 atom stereocenters. The third-order valence-electron chi connectivity index (χ3n) is 5.17. The highest BCUT2D eigenvalue weighted by atomic mass is 35.5. The van der Waals surface area contributed by atoms with Gasteiger partial charge in [0.1, 0.15) is 0 Å². The minimum atomic E-state index is 0. The molecule has 0 spiro atoms. The van der Waals surface area contributed by atoms with E-state index in [9.17, 15) is 4.79 Å². The Balaban J connectivity index is 0.00000176. The number of halogens is 1. The summed E-state index contributed by atoms with van der Waals surface area (Å²) in [6, 6.07) is 6.56. The van der Waals surface area contributed by atoms with Crippen LogP contribution in [0.5, 0.6) is 0 Å². The second-order valence-corrected chi connectivity index (χ2v) is 6.68. The molecule has 1 aromatic rings. The minimum Gasteiger partial charge on any atom is -0.339 e. The number of piperidine rings is 1. The molecule has 0 saturated carbocycles. The van der Waals surface area contributed by atoms with E-state index >= 15 is 0 Å². The number of aryl methyl sites for hydroxylation is 2. The first-order valence-electron chi connectivity index (χ1n) is 8.32. The first-order valence-corrected chi connectivity index (χ1v) is 8.32. The standard InChI is InChI=1S/C18H26N2O.ClH/c1-13(19)14-8-10-20(11-9-14)18(21)17-7-6-15-4-2-3-5-16(15)12-17;/h6-7,12-14H,2-5,8-11,19H2,1H3;1H. The summed E-state index contributed by atoms with van der Waals surface area (Å²) < 4.78 is 0. The number of hydrogen-bond donors (Lipinski definition) is 1.